The molecule has 1 fully saturated rings. The average Bonchev–Trinajstić information content (AvgIpc) is 3.37. The Labute approximate surface area is 264 Å². The van der Waals surface area contributed by atoms with E-state index in [4.69, 9.17) is 4.74 Å². The Morgan fingerprint density at radius 1 is 1.13 bits per heavy atom. The summed E-state index contributed by atoms with van der Waals surface area (Å²) < 4.78 is 7.29. The predicted octanol–water partition coefficient (Wildman–Crippen LogP) is 5.57. The maximum absolute atomic E-state index is 13.7. The number of aromatic nitrogens is 3. The van der Waals surface area contributed by atoms with Crippen LogP contribution in [0.15, 0.2) is 53.5 Å². The summed E-state index contributed by atoms with van der Waals surface area (Å²) in [5.74, 6) is -0.235. The molecule has 45 heavy (non-hydrogen) atoms. The number of pyridine rings is 1. The van der Waals surface area contributed by atoms with Gasteiger partial charge in [0.1, 0.15) is 6.61 Å². The molecule has 3 N–H and O–H groups in total. The predicted molar refractivity (Wildman–Crippen MR) is 177 cm³/mol. The highest BCUT2D eigenvalue weighted by Crippen LogP contribution is 2.39. The Bertz CT molecular complexity index is 1750. The van der Waals surface area contributed by atoms with Gasteiger partial charge in [0.2, 0.25) is 0 Å². The van der Waals surface area contributed by atoms with Crippen molar-refractivity contribution in [3.63, 3.8) is 0 Å². The van der Waals surface area contributed by atoms with Crippen molar-refractivity contribution in [3.05, 3.63) is 92.5 Å². The lowest BCUT2D eigenvalue weighted by Crippen LogP contribution is -2.51. The van der Waals surface area contributed by atoms with E-state index >= 15 is 0 Å². The van der Waals surface area contributed by atoms with Crippen molar-refractivity contribution in [2.45, 2.75) is 85.0 Å². The molecule has 0 unspecified atom stereocenters. The van der Waals surface area contributed by atoms with Crippen LogP contribution in [0.3, 0.4) is 0 Å². The van der Waals surface area contributed by atoms with Gasteiger partial charge in [0, 0.05) is 53.9 Å². The van der Waals surface area contributed by atoms with Crippen molar-refractivity contribution in [1.29, 1.82) is 0 Å². The molecule has 2 aromatic heterocycles. The minimum atomic E-state index is -0.401. The van der Waals surface area contributed by atoms with Gasteiger partial charge in [-0.05, 0) is 89.1 Å². The van der Waals surface area contributed by atoms with E-state index in [0.717, 1.165) is 71.2 Å². The van der Waals surface area contributed by atoms with Gasteiger partial charge in [-0.25, -0.2) is 4.79 Å². The fourth-order valence-corrected chi connectivity index (χ4v) is 6.63. The number of aryl methyl sites for hydroxylation is 3. The Morgan fingerprint density at radius 3 is 2.51 bits per heavy atom. The number of fused-ring (bicyclic) bond motifs is 1. The lowest BCUT2D eigenvalue weighted by molar-refractivity contribution is 0.0950. The molecule has 1 aliphatic rings. The normalized spacial score (nSPS) is 18.0. The number of amides is 2. The number of alkyl carbamates (subject to hydrolysis) is 1. The number of anilines is 1. The first-order valence-corrected chi connectivity index (χ1v) is 15.7. The lowest BCUT2D eigenvalue weighted by atomic mass is 9.80. The second-order valence-corrected chi connectivity index (χ2v) is 12.5. The van der Waals surface area contributed by atoms with Crippen LogP contribution in [0.2, 0.25) is 0 Å². The van der Waals surface area contributed by atoms with Gasteiger partial charge in [0.25, 0.3) is 11.5 Å². The molecule has 5 rings (SSSR count). The van der Waals surface area contributed by atoms with E-state index in [2.05, 4.69) is 39.5 Å². The summed E-state index contributed by atoms with van der Waals surface area (Å²) in [5.41, 5.74) is 5.88. The molecule has 0 radical (unpaired) electrons. The zero-order valence-corrected chi connectivity index (χ0v) is 27.1. The van der Waals surface area contributed by atoms with E-state index in [9.17, 15) is 14.4 Å². The van der Waals surface area contributed by atoms with Gasteiger partial charge in [0.05, 0.1) is 17.4 Å². The molecule has 238 valence electrons. The number of aromatic amines is 1. The van der Waals surface area contributed by atoms with Gasteiger partial charge in [-0.1, -0.05) is 30.3 Å². The molecule has 2 aromatic carbocycles. The van der Waals surface area contributed by atoms with Gasteiger partial charge >= 0.3 is 6.09 Å². The highest BCUT2D eigenvalue weighted by Gasteiger charge is 2.36. The van der Waals surface area contributed by atoms with Crippen LogP contribution in [-0.2, 0) is 24.9 Å². The summed E-state index contributed by atoms with van der Waals surface area (Å²) >= 11 is 0. The molecule has 0 atom stereocenters. The molecular formula is C35H44N6O4. The van der Waals surface area contributed by atoms with Gasteiger partial charge in [0.15, 0.2) is 0 Å². The third kappa shape index (κ3) is 6.90. The van der Waals surface area contributed by atoms with Gasteiger partial charge in [-0.15, -0.1) is 0 Å². The molecule has 10 nitrogen and oxygen atoms in total. The van der Waals surface area contributed by atoms with Crippen molar-refractivity contribution in [2.75, 3.05) is 11.4 Å². The number of ether oxygens (including phenoxy) is 1. The topological polar surface area (TPSA) is 121 Å². The van der Waals surface area contributed by atoms with Crippen molar-refractivity contribution in [2.24, 2.45) is 7.05 Å². The number of H-pyrrole nitrogens is 1. The lowest BCUT2D eigenvalue weighted by Gasteiger charge is -2.43. The molecule has 2 amide bonds. The molecule has 4 aromatic rings. The smallest absolute Gasteiger partial charge is 0.407 e. The number of rotatable bonds is 9. The third-order valence-electron chi connectivity index (χ3n) is 9.19. The first kappa shape index (κ1) is 31.8. The van der Waals surface area contributed by atoms with E-state index in [1.807, 2.05) is 76.5 Å². The molecule has 0 bridgehead atoms. The minimum absolute atomic E-state index is 0.137. The van der Waals surface area contributed by atoms with Crippen LogP contribution in [0.25, 0.3) is 10.9 Å². The standard InChI is InChI=1S/C35H44N6O4/c1-7-41(26-13-15-35(5,16-14-26)39-34(44)45-21-25-11-9-8-10-12-25)31-24(4)27(18-30-29(31)20-37-40(30)6)32(42)36-19-28-22(2)17-23(3)38-33(28)43/h8-12,17-18,20,26H,7,13-16,19,21H2,1-6H3,(H,36,42)(H,38,43)(H,39,44). The maximum Gasteiger partial charge on any atom is 0.407 e. The molecular weight excluding hydrogens is 568 g/mol. The largest absolute Gasteiger partial charge is 0.445 e. The Balaban J connectivity index is 1.33. The van der Waals surface area contributed by atoms with E-state index in [0.29, 0.717) is 11.1 Å². The first-order valence-electron chi connectivity index (χ1n) is 15.7. The fourth-order valence-electron chi connectivity index (χ4n) is 6.63. The van der Waals surface area contributed by atoms with Gasteiger partial charge < -0.3 is 25.3 Å². The summed E-state index contributed by atoms with van der Waals surface area (Å²) in [6, 6.07) is 13.7. The molecule has 10 heteroatoms. The monoisotopic (exact) mass is 612 g/mol. The van der Waals surface area contributed by atoms with Crippen LogP contribution in [0.1, 0.15) is 77.8 Å². The average molecular weight is 613 g/mol. The van der Waals surface area contributed by atoms with Crippen molar-refractivity contribution < 1.29 is 14.3 Å². The van der Waals surface area contributed by atoms with Crippen molar-refractivity contribution in [3.8, 4) is 0 Å². The number of carbonyl (C=O) groups excluding carboxylic acids is 2. The van der Waals surface area contributed by atoms with Crippen LogP contribution in [0.5, 0.6) is 0 Å². The van der Waals surface area contributed by atoms with E-state index in [-0.39, 0.29) is 36.2 Å². The second kappa shape index (κ2) is 13.2. The zero-order chi connectivity index (χ0) is 32.3. The number of nitrogens with zero attached hydrogens (tertiary/aromatic N) is 3. The fraction of sp³-hybridized carbons (Fsp3) is 0.429. The van der Waals surface area contributed by atoms with E-state index in [1.165, 1.54) is 0 Å². The summed E-state index contributed by atoms with van der Waals surface area (Å²) in [6.45, 7) is 11.1. The van der Waals surface area contributed by atoms with Crippen molar-refractivity contribution >= 4 is 28.6 Å². The molecule has 1 aliphatic carbocycles. The second-order valence-electron chi connectivity index (χ2n) is 12.5. The van der Waals surface area contributed by atoms with E-state index < -0.39 is 6.09 Å². The van der Waals surface area contributed by atoms with Crippen molar-refractivity contribution in [1.82, 2.24) is 25.4 Å². The van der Waals surface area contributed by atoms with Gasteiger partial charge in [-0.3, -0.25) is 14.3 Å². The number of carbonyl (C=O) groups is 2. The van der Waals surface area contributed by atoms with Crippen LogP contribution in [0.4, 0.5) is 10.5 Å². The highest BCUT2D eigenvalue weighted by atomic mass is 16.5. The Kier molecular flexibility index (Phi) is 9.32. The van der Waals surface area contributed by atoms with Crippen LogP contribution >= 0.6 is 0 Å². The van der Waals surface area contributed by atoms with Crippen LogP contribution in [-0.4, -0.2) is 44.9 Å². The number of hydrogen-bond acceptors (Lipinski definition) is 6. The van der Waals surface area contributed by atoms with E-state index in [1.54, 1.807) is 4.68 Å². The summed E-state index contributed by atoms with van der Waals surface area (Å²) in [7, 11) is 1.88. The Morgan fingerprint density at radius 2 is 1.84 bits per heavy atom. The Hall–Kier alpha value is -4.60. The molecule has 1 saturated carbocycles. The third-order valence-corrected chi connectivity index (χ3v) is 9.19. The summed E-state index contributed by atoms with van der Waals surface area (Å²) in [5, 5.41) is 11.6. The molecule has 0 saturated heterocycles. The molecule has 0 spiro atoms. The highest BCUT2D eigenvalue weighted by molar-refractivity contribution is 6.05. The maximum atomic E-state index is 13.7. The van der Waals surface area contributed by atoms with Crippen LogP contribution < -0.4 is 21.1 Å². The quantitative estimate of drug-likeness (QED) is 0.227. The summed E-state index contributed by atoms with van der Waals surface area (Å²) in [4.78, 5) is 44.1. The van der Waals surface area contributed by atoms with Crippen LogP contribution in [0, 0.1) is 20.8 Å². The number of hydrogen-bond donors (Lipinski definition) is 3. The summed E-state index contributed by atoms with van der Waals surface area (Å²) in [6.07, 6.45) is 4.81. The minimum Gasteiger partial charge on any atom is -0.445 e. The number of nitrogens with one attached hydrogen (secondary N) is 3. The molecule has 2 heterocycles. The zero-order valence-electron chi connectivity index (χ0n) is 27.1. The first-order chi connectivity index (χ1) is 21.5. The van der Waals surface area contributed by atoms with Gasteiger partial charge in [-0.2, -0.15) is 5.10 Å². The molecule has 0 aliphatic heterocycles. The SMILES string of the molecule is CCN(c1c(C)c(C(=O)NCc2c(C)cc(C)[nH]c2=O)cc2c1cnn2C)C1CCC(C)(NC(=O)OCc2ccccc2)CC1. The number of benzene rings is 2.